The number of nitrogens with one attached hydrogen (secondary N) is 1. The summed E-state index contributed by atoms with van der Waals surface area (Å²) in [5.41, 5.74) is 1.18. The zero-order chi connectivity index (χ0) is 13.7. The largest absolute Gasteiger partial charge is 0.377 e. The van der Waals surface area contributed by atoms with Crippen LogP contribution in [0.5, 0.6) is 0 Å². The third kappa shape index (κ3) is 4.24. The highest BCUT2D eigenvalue weighted by atomic mass is 32.1. The predicted octanol–water partition coefficient (Wildman–Crippen LogP) is 2.25. The SMILES string of the molecule is CCCNCc1nc(CN(C)C2CCOC2C)cs1. The topological polar surface area (TPSA) is 37.4 Å². The first-order valence-electron chi connectivity index (χ1n) is 7.16. The fraction of sp³-hybridized carbons (Fsp3) is 0.786. The molecule has 1 fully saturated rings. The van der Waals surface area contributed by atoms with Gasteiger partial charge in [-0.05, 0) is 33.4 Å². The Morgan fingerprint density at radius 2 is 2.42 bits per heavy atom. The average molecular weight is 283 g/mol. The van der Waals surface area contributed by atoms with Crippen molar-refractivity contribution >= 4 is 11.3 Å². The van der Waals surface area contributed by atoms with Crippen LogP contribution < -0.4 is 5.32 Å². The molecule has 2 unspecified atom stereocenters. The maximum atomic E-state index is 5.63. The molecule has 5 heteroatoms. The van der Waals surface area contributed by atoms with Crippen LogP contribution in [-0.2, 0) is 17.8 Å². The van der Waals surface area contributed by atoms with E-state index in [4.69, 9.17) is 9.72 Å². The molecule has 0 bridgehead atoms. The van der Waals surface area contributed by atoms with Crippen LogP contribution in [0.1, 0.15) is 37.4 Å². The van der Waals surface area contributed by atoms with Gasteiger partial charge in [0.2, 0.25) is 0 Å². The summed E-state index contributed by atoms with van der Waals surface area (Å²) in [7, 11) is 2.17. The lowest BCUT2D eigenvalue weighted by Gasteiger charge is -2.25. The molecule has 0 radical (unpaired) electrons. The lowest BCUT2D eigenvalue weighted by molar-refractivity contribution is 0.0811. The first-order chi connectivity index (χ1) is 9.20. The van der Waals surface area contributed by atoms with Crippen LogP contribution in [-0.4, -0.2) is 42.2 Å². The Labute approximate surface area is 120 Å². The van der Waals surface area contributed by atoms with Crippen molar-refractivity contribution in [3.8, 4) is 0 Å². The minimum absolute atomic E-state index is 0.342. The molecule has 1 aromatic heterocycles. The number of hydrogen-bond acceptors (Lipinski definition) is 5. The summed E-state index contributed by atoms with van der Waals surface area (Å²) in [4.78, 5) is 7.06. The van der Waals surface area contributed by atoms with Crippen molar-refractivity contribution in [2.75, 3.05) is 20.2 Å². The Kier molecular flexibility index (Phi) is 5.76. The van der Waals surface area contributed by atoms with E-state index in [9.17, 15) is 0 Å². The summed E-state index contributed by atoms with van der Waals surface area (Å²) < 4.78 is 5.63. The third-order valence-corrected chi connectivity index (χ3v) is 4.51. The van der Waals surface area contributed by atoms with Crippen LogP contribution in [0, 0.1) is 0 Å². The molecule has 108 valence electrons. The van der Waals surface area contributed by atoms with Gasteiger partial charge in [0.15, 0.2) is 0 Å². The van der Waals surface area contributed by atoms with Gasteiger partial charge in [-0.15, -0.1) is 11.3 Å². The van der Waals surface area contributed by atoms with Crippen LogP contribution in [0.2, 0.25) is 0 Å². The van der Waals surface area contributed by atoms with Crippen molar-refractivity contribution in [3.05, 3.63) is 16.1 Å². The van der Waals surface area contributed by atoms with Crippen LogP contribution in [0.15, 0.2) is 5.38 Å². The van der Waals surface area contributed by atoms with Gasteiger partial charge < -0.3 is 10.1 Å². The highest BCUT2D eigenvalue weighted by Gasteiger charge is 2.27. The highest BCUT2D eigenvalue weighted by molar-refractivity contribution is 7.09. The molecule has 1 aliphatic heterocycles. The van der Waals surface area contributed by atoms with Gasteiger partial charge in [0.25, 0.3) is 0 Å². The van der Waals surface area contributed by atoms with Crippen molar-refractivity contribution in [2.24, 2.45) is 0 Å². The molecule has 1 saturated heterocycles. The molecule has 1 aromatic rings. The zero-order valence-electron chi connectivity index (χ0n) is 12.2. The molecule has 0 aromatic carbocycles. The van der Waals surface area contributed by atoms with Crippen molar-refractivity contribution in [3.63, 3.8) is 0 Å². The van der Waals surface area contributed by atoms with Crippen LogP contribution in [0.3, 0.4) is 0 Å². The minimum atomic E-state index is 0.342. The highest BCUT2D eigenvalue weighted by Crippen LogP contribution is 2.20. The maximum absolute atomic E-state index is 5.63. The van der Waals surface area contributed by atoms with Gasteiger partial charge >= 0.3 is 0 Å². The molecule has 2 heterocycles. The molecule has 1 N–H and O–H groups in total. The number of likely N-dealkylation sites (N-methyl/N-ethyl adjacent to an activating group) is 1. The second-order valence-corrected chi connectivity index (χ2v) is 6.20. The van der Waals surface area contributed by atoms with E-state index >= 15 is 0 Å². The summed E-state index contributed by atoms with van der Waals surface area (Å²) in [5.74, 6) is 0. The number of ether oxygens (including phenoxy) is 1. The van der Waals surface area contributed by atoms with E-state index in [1.54, 1.807) is 11.3 Å². The van der Waals surface area contributed by atoms with E-state index in [0.717, 1.165) is 32.7 Å². The molecule has 1 aliphatic rings. The van der Waals surface area contributed by atoms with Crippen molar-refractivity contribution < 1.29 is 4.74 Å². The second kappa shape index (κ2) is 7.33. The molecule has 0 amide bonds. The van der Waals surface area contributed by atoms with Crippen molar-refractivity contribution in [2.45, 2.75) is 51.9 Å². The predicted molar refractivity (Wildman–Crippen MR) is 79.4 cm³/mol. The molecular weight excluding hydrogens is 258 g/mol. The third-order valence-electron chi connectivity index (χ3n) is 3.62. The Bertz CT molecular complexity index is 383. The number of aromatic nitrogens is 1. The van der Waals surface area contributed by atoms with Gasteiger partial charge in [-0.3, -0.25) is 4.90 Å². The van der Waals surface area contributed by atoms with Crippen LogP contribution >= 0.6 is 11.3 Å². The fourth-order valence-corrected chi connectivity index (χ4v) is 3.30. The summed E-state index contributed by atoms with van der Waals surface area (Å²) in [6, 6.07) is 0.531. The number of rotatable bonds is 7. The fourth-order valence-electron chi connectivity index (χ4n) is 2.55. The molecule has 2 atom stereocenters. The standard InChI is InChI=1S/C14H25N3OS/c1-4-6-15-8-14-16-12(10-19-14)9-17(3)13-5-7-18-11(13)2/h10-11,13,15H,4-9H2,1-3H3. The summed E-state index contributed by atoms with van der Waals surface area (Å²) in [6.07, 6.45) is 2.64. The summed E-state index contributed by atoms with van der Waals surface area (Å²) >= 11 is 1.75. The first-order valence-corrected chi connectivity index (χ1v) is 8.04. The number of hydrogen-bond donors (Lipinski definition) is 1. The van der Waals surface area contributed by atoms with E-state index in [2.05, 4.69) is 36.5 Å². The van der Waals surface area contributed by atoms with Gasteiger partial charge in [0.05, 0.1) is 11.8 Å². The van der Waals surface area contributed by atoms with Crippen molar-refractivity contribution in [1.29, 1.82) is 0 Å². The van der Waals surface area contributed by atoms with E-state index in [1.165, 1.54) is 17.1 Å². The Hall–Kier alpha value is -0.490. The quantitative estimate of drug-likeness (QED) is 0.779. The molecule has 2 rings (SSSR count). The van der Waals surface area contributed by atoms with Crippen LogP contribution in [0.4, 0.5) is 0 Å². The molecule has 0 saturated carbocycles. The Morgan fingerprint density at radius 3 is 3.11 bits per heavy atom. The zero-order valence-corrected chi connectivity index (χ0v) is 13.0. The minimum Gasteiger partial charge on any atom is -0.377 e. The molecule has 0 aliphatic carbocycles. The lowest BCUT2D eigenvalue weighted by atomic mass is 10.1. The van der Waals surface area contributed by atoms with Gasteiger partial charge in [0, 0.05) is 31.1 Å². The Balaban J connectivity index is 1.82. The number of nitrogens with zero attached hydrogens (tertiary/aromatic N) is 2. The molecular formula is C14H25N3OS. The maximum Gasteiger partial charge on any atom is 0.107 e. The van der Waals surface area contributed by atoms with Crippen LogP contribution in [0.25, 0.3) is 0 Å². The van der Waals surface area contributed by atoms with E-state index in [1.807, 2.05) is 0 Å². The second-order valence-electron chi connectivity index (χ2n) is 5.26. The van der Waals surface area contributed by atoms with Gasteiger partial charge in [0.1, 0.15) is 5.01 Å². The summed E-state index contributed by atoms with van der Waals surface area (Å²) in [6.45, 7) is 8.11. The van der Waals surface area contributed by atoms with Gasteiger partial charge in [-0.1, -0.05) is 6.92 Å². The first kappa shape index (κ1) is 14.9. The molecule has 4 nitrogen and oxygen atoms in total. The van der Waals surface area contributed by atoms with E-state index < -0.39 is 0 Å². The van der Waals surface area contributed by atoms with Crippen molar-refractivity contribution in [1.82, 2.24) is 15.2 Å². The van der Waals surface area contributed by atoms with E-state index in [-0.39, 0.29) is 0 Å². The number of thiazole rings is 1. The van der Waals surface area contributed by atoms with Gasteiger partial charge in [-0.2, -0.15) is 0 Å². The van der Waals surface area contributed by atoms with Gasteiger partial charge in [-0.25, -0.2) is 4.98 Å². The lowest BCUT2D eigenvalue weighted by Crippen LogP contribution is -2.36. The normalized spacial score (nSPS) is 23.4. The molecule has 19 heavy (non-hydrogen) atoms. The Morgan fingerprint density at radius 1 is 1.58 bits per heavy atom. The molecule has 0 spiro atoms. The summed E-state index contributed by atoms with van der Waals surface area (Å²) in [5, 5.41) is 6.76. The average Bonchev–Trinajstić information content (AvgIpc) is 2.99. The monoisotopic (exact) mass is 283 g/mol. The smallest absolute Gasteiger partial charge is 0.107 e. The van der Waals surface area contributed by atoms with E-state index in [0.29, 0.717) is 12.1 Å².